The molecule has 0 amide bonds. The third kappa shape index (κ3) is 5.04. The van der Waals surface area contributed by atoms with E-state index in [9.17, 15) is 18.0 Å². The summed E-state index contributed by atoms with van der Waals surface area (Å²) in [6.07, 6.45) is -1.70. The third-order valence-electron chi connectivity index (χ3n) is 4.11. The standard InChI is InChI=1S/C16H20F3NO3/c1-10-13(3-2-4-14(10)23-9-16(17,18)19)20-12-7-5-11(6-8-12)15(21)22/h2-4,11-12,20H,5-9H2,1H3,(H,21,22). The Balaban J connectivity index is 1.97. The highest BCUT2D eigenvalue weighted by atomic mass is 19.4. The number of aliphatic carboxylic acids is 1. The predicted molar refractivity (Wildman–Crippen MR) is 79.7 cm³/mol. The molecule has 0 saturated heterocycles. The van der Waals surface area contributed by atoms with E-state index in [0.717, 1.165) is 18.5 Å². The first kappa shape index (κ1) is 17.4. The van der Waals surface area contributed by atoms with Crippen LogP contribution in [-0.2, 0) is 4.79 Å². The summed E-state index contributed by atoms with van der Waals surface area (Å²) in [4.78, 5) is 10.9. The molecule has 1 aliphatic rings. The van der Waals surface area contributed by atoms with Gasteiger partial charge in [-0.15, -0.1) is 0 Å². The van der Waals surface area contributed by atoms with E-state index in [2.05, 4.69) is 5.32 Å². The number of halogens is 3. The fraction of sp³-hybridized carbons (Fsp3) is 0.562. The quantitative estimate of drug-likeness (QED) is 0.856. The van der Waals surface area contributed by atoms with Gasteiger partial charge in [0.25, 0.3) is 0 Å². The van der Waals surface area contributed by atoms with Gasteiger partial charge in [-0.1, -0.05) is 6.07 Å². The molecule has 1 aliphatic carbocycles. The van der Waals surface area contributed by atoms with Crippen molar-refractivity contribution in [2.75, 3.05) is 11.9 Å². The number of rotatable bonds is 5. The van der Waals surface area contributed by atoms with Gasteiger partial charge in [0.1, 0.15) is 5.75 Å². The predicted octanol–water partition coefficient (Wildman–Crippen LogP) is 3.99. The highest BCUT2D eigenvalue weighted by Gasteiger charge is 2.29. The molecule has 1 aromatic rings. The van der Waals surface area contributed by atoms with E-state index in [1.165, 1.54) is 6.07 Å². The Kier molecular flexibility index (Phi) is 5.38. The highest BCUT2D eigenvalue weighted by Crippen LogP contribution is 2.31. The number of hydrogen-bond acceptors (Lipinski definition) is 3. The Labute approximate surface area is 132 Å². The van der Waals surface area contributed by atoms with Gasteiger partial charge >= 0.3 is 12.1 Å². The Bertz CT molecular complexity index is 552. The molecule has 0 spiro atoms. The summed E-state index contributed by atoms with van der Waals surface area (Å²) in [5.41, 5.74) is 1.35. The summed E-state index contributed by atoms with van der Waals surface area (Å²) >= 11 is 0. The van der Waals surface area contributed by atoms with Gasteiger partial charge in [-0.05, 0) is 44.7 Å². The molecule has 1 aromatic carbocycles. The van der Waals surface area contributed by atoms with Gasteiger partial charge in [-0.25, -0.2) is 0 Å². The average Bonchev–Trinajstić information content (AvgIpc) is 2.48. The number of ether oxygens (including phenoxy) is 1. The number of anilines is 1. The minimum absolute atomic E-state index is 0.127. The van der Waals surface area contributed by atoms with Crippen molar-refractivity contribution in [3.63, 3.8) is 0 Å². The number of benzene rings is 1. The second kappa shape index (κ2) is 7.10. The van der Waals surface area contributed by atoms with Crippen molar-refractivity contribution >= 4 is 11.7 Å². The Morgan fingerprint density at radius 1 is 1.30 bits per heavy atom. The van der Waals surface area contributed by atoms with Crippen LogP contribution in [0.5, 0.6) is 5.75 Å². The van der Waals surface area contributed by atoms with Gasteiger partial charge in [0.15, 0.2) is 6.61 Å². The molecule has 0 radical (unpaired) electrons. The van der Waals surface area contributed by atoms with Crippen LogP contribution >= 0.6 is 0 Å². The highest BCUT2D eigenvalue weighted by molar-refractivity contribution is 5.70. The van der Waals surface area contributed by atoms with Crippen LogP contribution in [0.2, 0.25) is 0 Å². The van der Waals surface area contributed by atoms with E-state index in [1.54, 1.807) is 19.1 Å². The minimum atomic E-state index is -4.37. The van der Waals surface area contributed by atoms with Crippen LogP contribution in [0.25, 0.3) is 0 Å². The van der Waals surface area contributed by atoms with Crippen LogP contribution in [-0.4, -0.2) is 29.9 Å². The van der Waals surface area contributed by atoms with Crippen molar-refractivity contribution in [1.82, 2.24) is 0 Å². The Hall–Kier alpha value is -1.92. The molecule has 2 rings (SSSR count). The van der Waals surface area contributed by atoms with Crippen LogP contribution < -0.4 is 10.1 Å². The second-order valence-corrected chi connectivity index (χ2v) is 5.86. The molecule has 0 atom stereocenters. The largest absolute Gasteiger partial charge is 0.484 e. The topological polar surface area (TPSA) is 58.6 Å². The molecular formula is C16H20F3NO3. The maximum atomic E-state index is 12.3. The lowest BCUT2D eigenvalue weighted by atomic mass is 9.86. The third-order valence-corrected chi connectivity index (χ3v) is 4.11. The summed E-state index contributed by atoms with van der Waals surface area (Å²) in [5.74, 6) is -0.857. The van der Waals surface area contributed by atoms with Gasteiger partial charge in [0.05, 0.1) is 5.92 Å². The average molecular weight is 331 g/mol. The van der Waals surface area contributed by atoms with Crippen LogP contribution in [0.4, 0.5) is 18.9 Å². The van der Waals surface area contributed by atoms with Crippen molar-refractivity contribution in [1.29, 1.82) is 0 Å². The summed E-state index contributed by atoms with van der Waals surface area (Å²) < 4.78 is 41.6. The van der Waals surface area contributed by atoms with Gasteiger partial charge in [0.2, 0.25) is 0 Å². The molecular weight excluding hydrogens is 311 g/mol. The van der Waals surface area contributed by atoms with Crippen LogP contribution in [0.3, 0.4) is 0 Å². The normalized spacial score (nSPS) is 21.7. The number of hydrogen-bond donors (Lipinski definition) is 2. The minimum Gasteiger partial charge on any atom is -0.484 e. The van der Waals surface area contributed by atoms with E-state index in [-0.39, 0.29) is 17.7 Å². The zero-order valence-corrected chi connectivity index (χ0v) is 12.8. The SMILES string of the molecule is Cc1c(NC2CCC(C(=O)O)CC2)cccc1OCC(F)(F)F. The molecule has 7 heteroatoms. The number of carbonyl (C=O) groups is 1. The lowest BCUT2D eigenvalue weighted by Crippen LogP contribution is -2.29. The van der Waals surface area contributed by atoms with E-state index in [1.807, 2.05) is 0 Å². The monoisotopic (exact) mass is 331 g/mol. The molecule has 128 valence electrons. The first-order valence-electron chi connectivity index (χ1n) is 7.55. The van der Waals surface area contributed by atoms with Crippen molar-refractivity contribution in [3.05, 3.63) is 23.8 Å². The van der Waals surface area contributed by atoms with Crippen molar-refractivity contribution < 1.29 is 27.8 Å². The number of nitrogens with one attached hydrogen (secondary N) is 1. The van der Waals surface area contributed by atoms with Crippen LogP contribution in [0.1, 0.15) is 31.2 Å². The molecule has 1 fully saturated rings. The molecule has 0 aromatic heterocycles. The molecule has 23 heavy (non-hydrogen) atoms. The first-order chi connectivity index (χ1) is 10.8. The lowest BCUT2D eigenvalue weighted by Gasteiger charge is -2.28. The van der Waals surface area contributed by atoms with E-state index < -0.39 is 18.8 Å². The molecule has 0 heterocycles. The van der Waals surface area contributed by atoms with Crippen molar-refractivity contribution in [3.8, 4) is 5.75 Å². The molecule has 0 bridgehead atoms. The van der Waals surface area contributed by atoms with Crippen molar-refractivity contribution in [2.45, 2.75) is 44.8 Å². The fourth-order valence-corrected chi connectivity index (χ4v) is 2.79. The second-order valence-electron chi connectivity index (χ2n) is 5.86. The Morgan fingerprint density at radius 3 is 2.52 bits per heavy atom. The van der Waals surface area contributed by atoms with E-state index in [0.29, 0.717) is 18.4 Å². The van der Waals surface area contributed by atoms with Crippen molar-refractivity contribution in [2.24, 2.45) is 5.92 Å². The maximum absolute atomic E-state index is 12.3. The van der Waals surface area contributed by atoms with E-state index in [4.69, 9.17) is 9.84 Å². The zero-order chi connectivity index (χ0) is 17.0. The van der Waals surface area contributed by atoms with E-state index >= 15 is 0 Å². The summed E-state index contributed by atoms with van der Waals surface area (Å²) in [7, 11) is 0. The summed E-state index contributed by atoms with van der Waals surface area (Å²) in [5, 5.41) is 12.3. The Morgan fingerprint density at radius 2 is 1.96 bits per heavy atom. The summed E-state index contributed by atoms with van der Waals surface area (Å²) in [6.45, 7) is 0.387. The lowest BCUT2D eigenvalue weighted by molar-refractivity contribution is -0.153. The number of alkyl halides is 3. The van der Waals surface area contributed by atoms with Crippen LogP contribution in [0, 0.1) is 12.8 Å². The number of carboxylic acids is 1. The van der Waals surface area contributed by atoms with Gasteiger partial charge in [-0.3, -0.25) is 4.79 Å². The fourth-order valence-electron chi connectivity index (χ4n) is 2.79. The van der Waals surface area contributed by atoms with Gasteiger partial charge < -0.3 is 15.2 Å². The molecule has 2 N–H and O–H groups in total. The number of carboxylic acid groups (broad SMARTS) is 1. The molecule has 0 unspecified atom stereocenters. The van der Waals surface area contributed by atoms with Gasteiger partial charge in [0, 0.05) is 17.3 Å². The van der Waals surface area contributed by atoms with Gasteiger partial charge in [-0.2, -0.15) is 13.2 Å². The summed E-state index contributed by atoms with van der Waals surface area (Å²) in [6, 6.07) is 5.07. The zero-order valence-electron chi connectivity index (χ0n) is 12.8. The molecule has 1 saturated carbocycles. The smallest absolute Gasteiger partial charge is 0.422 e. The first-order valence-corrected chi connectivity index (χ1v) is 7.55. The molecule has 4 nitrogen and oxygen atoms in total. The maximum Gasteiger partial charge on any atom is 0.422 e. The molecule has 0 aliphatic heterocycles. The van der Waals surface area contributed by atoms with Crippen LogP contribution in [0.15, 0.2) is 18.2 Å².